The zero-order valence-electron chi connectivity index (χ0n) is 11.2. The van der Waals surface area contributed by atoms with Crippen LogP contribution in [-0.4, -0.2) is 31.0 Å². The highest BCUT2D eigenvalue weighted by molar-refractivity contribution is 7.98. The summed E-state index contributed by atoms with van der Waals surface area (Å²) in [6, 6.07) is 2.00. The second-order valence-electron chi connectivity index (χ2n) is 5.49. The fourth-order valence-corrected chi connectivity index (χ4v) is 3.19. The number of thioether (sulfide) groups is 1. The maximum atomic E-state index is 10.8. The Morgan fingerprint density at radius 3 is 2.81 bits per heavy atom. The minimum Gasteiger partial charge on any atom is -0.476 e. The van der Waals surface area contributed by atoms with Crippen LogP contribution in [0.15, 0.2) is 15.7 Å². The van der Waals surface area contributed by atoms with E-state index in [0.29, 0.717) is 23.5 Å². The third-order valence-electron chi connectivity index (χ3n) is 3.67. The monoisotopic (exact) mass is 306 g/mol. The van der Waals surface area contributed by atoms with Gasteiger partial charge >= 0.3 is 5.97 Å². The molecule has 21 heavy (non-hydrogen) atoms. The fraction of sp³-hybridized carbons (Fsp3) is 0.538. The van der Waals surface area contributed by atoms with Crippen LogP contribution in [0.25, 0.3) is 0 Å². The van der Waals surface area contributed by atoms with E-state index < -0.39 is 5.97 Å². The molecule has 2 heterocycles. The minimum atomic E-state index is -1.08. The van der Waals surface area contributed by atoms with Crippen molar-refractivity contribution in [1.29, 1.82) is 0 Å². The molecular formula is C13H14N4O3S. The van der Waals surface area contributed by atoms with Gasteiger partial charge in [0.25, 0.3) is 0 Å². The topological polar surface area (TPSA) is 94.0 Å². The van der Waals surface area contributed by atoms with Crippen LogP contribution in [-0.2, 0) is 5.75 Å². The standard InChI is InChI=1S/C13H14N4O3S/c18-12(19)10-5-9(20-16-10)6-21-13-15-14-11(7-1-2-7)17(13)8-3-4-8/h5,7-8H,1-4,6H2,(H,18,19). The molecule has 110 valence electrons. The van der Waals surface area contributed by atoms with E-state index in [-0.39, 0.29) is 5.69 Å². The molecule has 7 nitrogen and oxygen atoms in total. The van der Waals surface area contributed by atoms with E-state index in [2.05, 4.69) is 19.9 Å². The number of carboxylic acids is 1. The van der Waals surface area contributed by atoms with Gasteiger partial charge < -0.3 is 14.2 Å². The zero-order valence-corrected chi connectivity index (χ0v) is 12.0. The Balaban J connectivity index is 1.50. The van der Waals surface area contributed by atoms with Crippen molar-refractivity contribution in [2.45, 2.75) is 48.6 Å². The van der Waals surface area contributed by atoms with Gasteiger partial charge in [0.05, 0.1) is 5.75 Å². The van der Waals surface area contributed by atoms with E-state index in [1.807, 2.05) is 0 Å². The number of hydrogen-bond acceptors (Lipinski definition) is 6. The summed E-state index contributed by atoms with van der Waals surface area (Å²) >= 11 is 1.52. The second kappa shape index (κ2) is 4.87. The molecule has 2 aliphatic carbocycles. The van der Waals surface area contributed by atoms with E-state index in [4.69, 9.17) is 9.63 Å². The van der Waals surface area contributed by atoms with Gasteiger partial charge in [-0.1, -0.05) is 16.9 Å². The maximum absolute atomic E-state index is 10.8. The van der Waals surface area contributed by atoms with Crippen molar-refractivity contribution in [3.63, 3.8) is 0 Å². The van der Waals surface area contributed by atoms with Crippen molar-refractivity contribution in [2.75, 3.05) is 0 Å². The largest absolute Gasteiger partial charge is 0.476 e. The van der Waals surface area contributed by atoms with Crippen molar-refractivity contribution in [3.8, 4) is 0 Å². The number of rotatable bonds is 6. The van der Waals surface area contributed by atoms with Crippen LogP contribution in [0.4, 0.5) is 0 Å². The van der Waals surface area contributed by atoms with E-state index >= 15 is 0 Å². The van der Waals surface area contributed by atoms with Gasteiger partial charge in [-0.2, -0.15) is 0 Å². The summed E-state index contributed by atoms with van der Waals surface area (Å²) in [7, 11) is 0. The minimum absolute atomic E-state index is 0.0621. The first-order valence-electron chi connectivity index (χ1n) is 6.99. The predicted octanol–water partition coefficient (Wildman–Crippen LogP) is 2.47. The Kier molecular flexibility index (Phi) is 2.99. The molecule has 2 fully saturated rings. The van der Waals surface area contributed by atoms with Crippen molar-refractivity contribution in [1.82, 2.24) is 19.9 Å². The Labute approximate surface area is 124 Å². The Morgan fingerprint density at radius 1 is 1.38 bits per heavy atom. The first-order valence-corrected chi connectivity index (χ1v) is 7.97. The van der Waals surface area contributed by atoms with Crippen LogP contribution in [0, 0.1) is 0 Å². The number of carboxylic acid groups (broad SMARTS) is 1. The van der Waals surface area contributed by atoms with E-state index in [1.165, 1.54) is 43.5 Å². The Hall–Kier alpha value is -1.83. The third-order valence-corrected chi connectivity index (χ3v) is 4.63. The number of carbonyl (C=O) groups is 1. The molecule has 4 rings (SSSR count). The summed E-state index contributed by atoms with van der Waals surface area (Å²) in [6.07, 6.45) is 4.80. The average molecular weight is 306 g/mol. The van der Waals surface area contributed by atoms with Gasteiger partial charge in [0, 0.05) is 18.0 Å². The summed E-state index contributed by atoms with van der Waals surface area (Å²) in [5.41, 5.74) is -0.0621. The lowest BCUT2D eigenvalue weighted by molar-refractivity contribution is 0.0685. The van der Waals surface area contributed by atoms with Gasteiger partial charge in [-0.3, -0.25) is 0 Å². The SMILES string of the molecule is O=C(O)c1cc(CSc2nnc(C3CC3)n2C2CC2)on1. The lowest BCUT2D eigenvalue weighted by Gasteiger charge is -2.06. The summed E-state index contributed by atoms with van der Waals surface area (Å²) in [5.74, 6) is 1.67. The predicted molar refractivity (Wildman–Crippen MR) is 73.3 cm³/mol. The van der Waals surface area contributed by atoms with Crippen LogP contribution < -0.4 is 0 Å². The summed E-state index contributed by atoms with van der Waals surface area (Å²) in [4.78, 5) is 10.8. The number of hydrogen-bond donors (Lipinski definition) is 1. The Morgan fingerprint density at radius 2 is 2.19 bits per heavy atom. The molecule has 0 radical (unpaired) electrons. The normalized spacial score (nSPS) is 18.1. The molecule has 0 spiro atoms. The molecule has 0 bridgehead atoms. The first-order chi connectivity index (χ1) is 10.2. The van der Waals surface area contributed by atoms with Crippen LogP contribution in [0.1, 0.15) is 59.7 Å². The first kappa shape index (κ1) is 12.9. The van der Waals surface area contributed by atoms with Gasteiger partial charge in [-0.15, -0.1) is 10.2 Å². The van der Waals surface area contributed by atoms with Gasteiger partial charge in [0.1, 0.15) is 11.6 Å². The molecule has 0 aliphatic heterocycles. The molecule has 2 aromatic rings. The highest BCUT2D eigenvalue weighted by Gasteiger charge is 2.36. The molecule has 0 amide bonds. The summed E-state index contributed by atoms with van der Waals surface area (Å²) in [5, 5.41) is 21.9. The van der Waals surface area contributed by atoms with Crippen LogP contribution in [0.2, 0.25) is 0 Å². The number of aromatic nitrogens is 4. The molecule has 2 saturated carbocycles. The van der Waals surface area contributed by atoms with Crippen LogP contribution in [0.3, 0.4) is 0 Å². The zero-order chi connectivity index (χ0) is 14.4. The smallest absolute Gasteiger partial charge is 0.358 e. The van der Waals surface area contributed by atoms with Crippen molar-refractivity contribution in [2.24, 2.45) is 0 Å². The Bertz CT molecular complexity index is 687. The molecule has 2 aliphatic rings. The number of nitrogens with zero attached hydrogens (tertiary/aromatic N) is 4. The lowest BCUT2D eigenvalue weighted by atomic mass is 10.4. The third kappa shape index (κ3) is 2.55. The molecule has 1 N–H and O–H groups in total. The average Bonchev–Trinajstić information content (AvgIpc) is 3.39. The quantitative estimate of drug-likeness (QED) is 0.819. The molecular weight excluding hydrogens is 292 g/mol. The van der Waals surface area contributed by atoms with E-state index in [1.54, 1.807) is 0 Å². The molecule has 0 aromatic carbocycles. The summed E-state index contributed by atoms with van der Waals surface area (Å²) in [6.45, 7) is 0. The second-order valence-corrected chi connectivity index (χ2v) is 6.43. The molecule has 0 saturated heterocycles. The maximum Gasteiger partial charge on any atom is 0.358 e. The lowest BCUT2D eigenvalue weighted by Crippen LogP contribution is -2.01. The molecule has 0 atom stereocenters. The van der Waals surface area contributed by atoms with E-state index in [0.717, 1.165) is 11.0 Å². The van der Waals surface area contributed by atoms with Gasteiger partial charge in [-0.05, 0) is 25.7 Å². The van der Waals surface area contributed by atoms with Crippen molar-refractivity contribution < 1.29 is 14.4 Å². The summed E-state index contributed by atoms with van der Waals surface area (Å²) < 4.78 is 7.28. The van der Waals surface area contributed by atoms with Crippen LogP contribution >= 0.6 is 11.8 Å². The molecule has 0 unspecified atom stereocenters. The fourth-order valence-electron chi connectivity index (χ4n) is 2.30. The highest BCUT2D eigenvalue weighted by Crippen LogP contribution is 2.46. The van der Waals surface area contributed by atoms with Gasteiger partial charge in [0.2, 0.25) is 0 Å². The van der Waals surface area contributed by atoms with Crippen LogP contribution in [0.5, 0.6) is 0 Å². The number of aromatic carboxylic acids is 1. The van der Waals surface area contributed by atoms with Gasteiger partial charge in [0.15, 0.2) is 10.9 Å². The van der Waals surface area contributed by atoms with Crippen molar-refractivity contribution >= 4 is 17.7 Å². The highest BCUT2D eigenvalue weighted by atomic mass is 32.2. The molecule has 8 heteroatoms. The molecule has 2 aromatic heterocycles. The van der Waals surface area contributed by atoms with Crippen molar-refractivity contribution in [3.05, 3.63) is 23.3 Å². The van der Waals surface area contributed by atoms with Gasteiger partial charge in [-0.25, -0.2) is 4.79 Å². The van der Waals surface area contributed by atoms with E-state index in [9.17, 15) is 4.79 Å².